The minimum Gasteiger partial charge on any atom is -0.333 e. The normalized spacial score (nSPS) is 6.23. The number of halogens is 1. The predicted molar refractivity (Wildman–Crippen MR) is 67.1 cm³/mol. The molecule has 0 atom stereocenters. The van der Waals surface area contributed by atoms with Crippen LogP contribution in [0.1, 0.15) is 0 Å². The van der Waals surface area contributed by atoms with Crippen LogP contribution in [-0.2, 0) is 0 Å². The molecule has 2 N–H and O–H groups in total. The lowest BCUT2D eigenvalue weighted by Crippen LogP contribution is -1.84. The van der Waals surface area contributed by atoms with Gasteiger partial charge in [-0.25, -0.2) is 0 Å². The van der Waals surface area contributed by atoms with E-state index in [1.165, 1.54) is 7.05 Å². The van der Waals surface area contributed by atoms with Crippen molar-refractivity contribution >= 4 is 26.6 Å². The van der Waals surface area contributed by atoms with Crippen molar-refractivity contribution in [2.45, 2.75) is 17.4 Å². The summed E-state index contributed by atoms with van der Waals surface area (Å²) in [7, 11) is 1.50. The zero-order valence-electron chi connectivity index (χ0n) is 9.03. The molecule has 76 valence electrons. The van der Waals surface area contributed by atoms with Gasteiger partial charge in [0.2, 0.25) is 0 Å². The second-order valence-corrected chi connectivity index (χ2v) is 6.35. The monoisotopic (exact) mass is 217 g/mol. The summed E-state index contributed by atoms with van der Waals surface area (Å²) >= 11 is -0.139. The Balaban J connectivity index is -0.000000128. The molecule has 0 aromatic heterocycles. The van der Waals surface area contributed by atoms with Gasteiger partial charge >= 0.3 is 0 Å². The fourth-order valence-electron chi connectivity index (χ4n) is 0.385. The van der Waals surface area contributed by atoms with E-state index in [0.29, 0.717) is 0 Å². The van der Waals surface area contributed by atoms with E-state index in [1.54, 1.807) is 0 Å². The first kappa shape index (κ1) is 18.7. The zero-order chi connectivity index (χ0) is 9.82. The van der Waals surface area contributed by atoms with Crippen molar-refractivity contribution in [3.05, 3.63) is 36.4 Å². The van der Waals surface area contributed by atoms with Crippen molar-refractivity contribution in [2.24, 2.45) is 5.73 Å². The maximum atomic E-state index is 4.50. The van der Waals surface area contributed by atoms with Crippen LogP contribution < -0.4 is 5.73 Å². The lowest BCUT2D eigenvalue weighted by molar-refractivity contribution is 1.48. The van der Waals surface area contributed by atoms with E-state index in [9.17, 15) is 0 Å². The highest BCUT2D eigenvalue weighted by molar-refractivity contribution is 6.54. The van der Waals surface area contributed by atoms with Crippen LogP contribution in [0, 0.1) is 0 Å². The van der Waals surface area contributed by atoms with Gasteiger partial charge in [-0.2, -0.15) is 0 Å². The Bertz CT molecular complexity index is 115. The number of nitrogens with two attached hydrogens (primary N) is 1. The number of rotatable bonds is 0. The van der Waals surface area contributed by atoms with E-state index in [1.807, 2.05) is 36.4 Å². The van der Waals surface area contributed by atoms with Gasteiger partial charge < -0.3 is 5.73 Å². The Morgan fingerprint density at radius 2 is 0.769 bits per heavy atom. The molecule has 3 heteroatoms. The maximum absolute atomic E-state index is 4.50. The van der Waals surface area contributed by atoms with Gasteiger partial charge in [0.05, 0.1) is 0 Å². The molecule has 0 unspecified atom stereocenters. The molecule has 1 aromatic carbocycles. The van der Waals surface area contributed by atoms with Crippen LogP contribution in [0.5, 0.6) is 0 Å². The van der Waals surface area contributed by atoms with Gasteiger partial charge in [0.25, 0.3) is 14.1 Å². The van der Waals surface area contributed by atoms with Crippen LogP contribution in [0.2, 0.25) is 17.4 Å². The molecule has 0 radical (unpaired) electrons. The van der Waals surface area contributed by atoms with Gasteiger partial charge in [-0.1, -0.05) is 36.4 Å². The molecule has 1 nitrogen and oxygen atoms in total. The fourth-order valence-corrected chi connectivity index (χ4v) is 0.385. The molecule has 0 saturated heterocycles. The quantitative estimate of drug-likeness (QED) is 0.665. The summed E-state index contributed by atoms with van der Waals surface area (Å²) in [6, 6.07) is 12.0. The molecule has 0 amide bonds. The third-order valence-corrected chi connectivity index (χ3v) is 0.667. The number of benzene rings is 1. The summed E-state index contributed by atoms with van der Waals surface area (Å²) in [6.07, 6.45) is 0. The Kier molecular flexibility index (Phi) is 25.8. The Labute approximate surface area is 93.1 Å². The van der Waals surface area contributed by atoms with Crippen LogP contribution in [0.4, 0.5) is 0 Å². The lowest BCUT2D eigenvalue weighted by atomic mass is 10.4. The molecular weight excluding hydrogens is 197 g/mol. The second kappa shape index (κ2) is 17.9. The number of hydrogen-bond donors (Lipinski definition) is 1. The average Bonchev–Trinajstić information content (AvgIpc) is 2.10. The van der Waals surface area contributed by atoms with Gasteiger partial charge in [-0.3, -0.25) is 0 Å². The minimum absolute atomic E-state index is 0. The van der Waals surface area contributed by atoms with E-state index < -0.39 is 0 Å². The molecule has 0 aliphatic heterocycles. The smallest absolute Gasteiger partial charge is 0.251 e. The summed E-state index contributed by atoms with van der Waals surface area (Å²) in [5.41, 5.74) is 4.50. The van der Waals surface area contributed by atoms with Crippen molar-refractivity contribution in [1.82, 2.24) is 0 Å². The Hall–Kier alpha value is 0.00247. The van der Waals surface area contributed by atoms with Crippen molar-refractivity contribution in [1.29, 1.82) is 0 Å². The molecule has 0 fully saturated rings. The summed E-state index contributed by atoms with van der Waals surface area (Å²) in [5.74, 6) is 6.92. The molecule has 0 heterocycles. The second-order valence-electron chi connectivity index (χ2n) is 2.89. The number of hydrogen-bond acceptors (Lipinski definition) is 1. The first-order chi connectivity index (χ1) is 5.73. The van der Waals surface area contributed by atoms with Gasteiger partial charge in [0.1, 0.15) is 0 Å². The van der Waals surface area contributed by atoms with Crippen LogP contribution in [0.3, 0.4) is 0 Å². The van der Waals surface area contributed by atoms with Crippen molar-refractivity contribution in [3.63, 3.8) is 0 Å². The molecule has 0 spiro atoms. The molecule has 0 aliphatic carbocycles. The minimum atomic E-state index is -0.139. The highest BCUT2D eigenvalue weighted by Crippen LogP contribution is 1.79. The van der Waals surface area contributed by atoms with E-state index >= 15 is 0 Å². The van der Waals surface area contributed by atoms with Gasteiger partial charge in [0.15, 0.2) is 0 Å². The first-order valence-corrected chi connectivity index (χ1v) is 7.77. The highest BCUT2D eigenvalue weighted by Gasteiger charge is 1.81. The molecule has 1 rings (SSSR count). The molecule has 0 bridgehead atoms. The van der Waals surface area contributed by atoms with Gasteiger partial charge in [-0.05, 0) is 7.05 Å². The van der Waals surface area contributed by atoms with E-state index in [-0.39, 0.29) is 26.6 Å². The predicted octanol–water partition coefficient (Wildman–Crippen LogP) is 3.05. The Morgan fingerprint density at radius 3 is 0.846 bits per heavy atom. The molecule has 1 aromatic rings. The Morgan fingerprint density at radius 1 is 0.692 bits per heavy atom. The van der Waals surface area contributed by atoms with Crippen LogP contribution in [0.15, 0.2) is 36.4 Å². The topological polar surface area (TPSA) is 26.0 Å². The summed E-state index contributed by atoms with van der Waals surface area (Å²) < 4.78 is 0. The third kappa shape index (κ3) is 33.3. The summed E-state index contributed by atoms with van der Waals surface area (Å²) in [6.45, 7) is 0. The molecule has 0 saturated carbocycles. The standard InChI is InChI=1S/C6H6.CH5N.3CH3.Al.ClH/c1-2-4-6-5-3-1;1-2;;;;;/h1-6H;2H2,1H3;3*1H3;;1H. The van der Waals surface area contributed by atoms with Crippen LogP contribution >= 0.6 is 12.4 Å². The molecule has 0 aliphatic rings. The molecular formula is C10H21AlClN. The SMILES string of the molecule is CN.Cl.[CH3][Al]([CH3])[CH3].c1ccccc1. The lowest BCUT2D eigenvalue weighted by Gasteiger charge is -1.69. The van der Waals surface area contributed by atoms with E-state index in [4.69, 9.17) is 0 Å². The summed E-state index contributed by atoms with van der Waals surface area (Å²) in [5, 5.41) is 0. The first-order valence-electron chi connectivity index (χ1n) is 4.31. The van der Waals surface area contributed by atoms with E-state index in [2.05, 4.69) is 23.1 Å². The fraction of sp³-hybridized carbons (Fsp3) is 0.400. The van der Waals surface area contributed by atoms with Crippen molar-refractivity contribution in [3.8, 4) is 0 Å². The van der Waals surface area contributed by atoms with Gasteiger partial charge in [-0.15, -0.1) is 29.8 Å². The van der Waals surface area contributed by atoms with E-state index in [0.717, 1.165) is 0 Å². The zero-order valence-corrected chi connectivity index (χ0v) is 11.0. The van der Waals surface area contributed by atoms with Crippen LogP contribution in [-0.4, -0.2) is 21.2 Å². The average molecular weight is 218 g/mol. The molecule has 13 heavy (non-hydrogen) atoms. The maximum Gasteiger partial charge on any atom is 0.251 e. The highest BCUT2D eigenvalue weighted by atomic mass is 35.5. The van der Waals surface area contributed by atoms with Crippen molar-refractivity contribution < 1.29 is 0 Å². The summed E-state index contributed by atoms with van der Waals surface area (Å²) in [4.78, 5) is 0. The largest absolute Gasteiger partial charge is 0.333 e. The van der Waals surface area contributed by atoms with Crippen LogP contribution in [0.25, 0.3) is 0 Å². The third-order valence-electron chi connectivity index (χ3n) is 0.667. The van der Waals surface area contributed by atoms with Gasteiger partial charge in [0, 0.05) is 0 Å². The van der Waals surface area contributed by atoms with Crippen molar-refractivity contribution in [2.75, 3.05) is 7.05 Å².